The highest BCUT2D eigenvalue weighted by Crippen LogP contribution is 2.17. The van der Waals surface area contributed by atoms with Crippen molar-refractivity contribution in [2.45, 2.75) is 33.5 Å². The van der Waals surface area contributed by atoms with Gasteiger partial charge in [0.25, 0.3) is 0 Å². The molecule has 0 aliphatic rings. The number of nitrogens with two attached hydrogens (primary N) is 1. The van der Waals surface area contributed by atoms with Crippen LogP contribution in [-0.2, 0) is 11.3 Å². The van der Waals surface area contributed by atoms with E-state index in [1.54, 1.807) is 12.1 Å². The van der Waals surface area contributed by atoms with Gasteiger partial charge in [0.2, 0.25) is 0 Å². The largest absolute Gasteiger partial charge is 0.384 e. The molecule has 3 nitrogen and oxygen atoms in total. The van der Waals surface area contributed by atoms with E-state index in [1.165, 1.54) is 0 Å². The van der Waals surface area contributed by atoms with E-state index in [4.69, 9.17) is 22.1 Å². The van der Waals surface area contributed by atoms with Crippen molar-refractivity contribution in [1.82, 2.24) is 4.98 Å². The summed E-state index contributed by atoms with van der Waals surface area (Å²) in [7, 11) is 0. The van der Waals surface area contributed by atoms with Crippen LogP contribution in [0.15, 0.2) is 12.1 Å². The average molecular weight is 229 g/mol. The number of rotatable bonds is 4. The van der Waals surface area contributed by atoms with Crippen LogP contribution in [0.5, 0.6) is 0 Å². The maximum absolute atomic E-state index is 5.96. The topological polar surface area (TPSA) is 48.1 Å². The molecule has 0 saturated carbocycles. The molecule has 0 spiro atoms. The SMILES string of the molecule is CC(C)C(C)OCc1nc(N)ccc1Cl. The lowest BCUT2D eigenvalue weighted by Gasteiger charge is -2.16. The number of hydrogen-bond donors (Lipinski definition) is 1. The number of pyridine rings is 1. The lowest BCUT2D eigenvalue weighted by molar-refractivity contribution is 0.0219. The van der Waals surface area contributed by atoms with Gasteiger partial charge in [-0.2, -0.15) is 0 Å². The molecule has 0 aromatic carbocycles. The first-order chi connectivity index (χ1) is 7.00. The summed E-state index contributed by atoms with van der Waals surface area (Å²) in [4.78, 5) is 4.12. The Labute approximate surface area is 95.6 Å². The van der Waals surface area contributed by atoms with Gasteiger partial charge in [-0.25, -0.2) is 4.98 Å². The van der Waals surface area contributed by atoms with E-state index >= 15 is 0 Å². The molecule has 1 aromatic rings. The summed E-state index contributed by atoms with van der Waals surface area (Å²) in [5.41, 5.74) is 6.27. The molecule has 1 atom stereocenters. The van der Waals surface area contributed by atoms with E-state index in [1.807, 2.05) is 6.92 Å². The second-order valence-electron chi connectivity index (χ2n) is 3.92. The van der Waals surface area contributed by atoms with Gasteiger partial charge in [-0.3, -0.25) is 0 Å². The van der Waals surface area contributed by atoms with Gasteiger partial charge in [0.05, 0.1) is 23.4 Å². The maximum atomic E-state index is 5.96. The van der Waals surface area contributed by atoms with Gasteiger partial charge in [-0.15, -0.1) is 0 Å². The zero-order valence-electron chi connectivity index (χ0n) is 9.33. The van der Waals surface area contributed by atoms with E-state index in [0.29, 0.717) is 29.1 Å². The molecule has 0 amide bonds. The summed E-state index contributed by atoms with van der Waals surface area (Å²) in [6.07, 6.45) is 0.185. The quantitative estimate of drug-likeness (QED) is 0.862. The molecule has 15 heavy (non-hydrogen) atoms. The highest BCUT2D eigenvalue weighted by Gasteiger charge is 2.09. The van der Waals surface area contributed by atoms with Crippen molar-refractivity contribution in [2.75, 3.05) is 5.73 Å². The Morgan fingerprint density at radius 1 is 1.40 bits per heavy atom. The van der Waals surface area contributed by atoms with Gasteiger partial charge in [0, 0.05) is 0 Å². The standard InChI is InChI=1S/C11H17ClN2O/c1-7(2)8(3)15-6-10-9(12)4-5-11(13)14-10/h4-5,7-8H,6H2,1-3H3,(H2,13,14). The normalized spacial score (nSPS) is 13.1. The van der Waals surface area contributed by atoms with Crippen LogP contribution in [0.25, 0.3) is 0 Å². The molecule has 1 heterocycles. The first kappa shape index (κ1) is 12.3. The fourth-order valence-electron chi connectivity index (χ4n) is 1.01. The van der Waals surface area contributed by atoms with Crippen molar-refractivity contribution in [3.05, 3.63) is 22.8 Å². The summed E-state index contributed by atoms with van der Waals surface area (Å²) < 4.78 is 5.62. The number of hydrogen-bond acceptors (Lipinski definition) is 3. The summed E-state index contributed by atoms with van der Waals surface area (Å²) in [5, 5.41) is 0.597. The van der Waals surface area contributed by atoms with Crippen molar-refractivity contribution in [1.29, 1.82) is 0 Å². The maximum Gasteiger partial charge on any atom is 0.123 e. The molecule has 0 aliphatic carbocycles. The van der Waals surface area contributed by atoms with Crippen LogP contribution >= 0.6 is 11.6 Å². The van der Waals surface area contributed by atoms with E-state index in [-0.39, 0.29) is 6.10 Å². The Bertz CT molecular complexity index is 328. The second-order valence-corrected chi connectivity index (χ2v) is 4.33. The minimum Gasteiger partial charge on any atom is -0.384 e. The number of nitrogen functional groups attached to an aromatic ring is 1. The Balaban J connectivity index is 2.61. The van der Waals surface area contributed by atoms with Gasteiger partial charge in [-0.1, -0.05) is 25.4 Å². The van der Waals surface area contributed by atoms with Crippen LogP contribution in [-0.4, -0.2) is 11.1 Å². The van der Waals surface area contributed by atoms with Crippen molar-refractivity contribution < 1.29 is 4.74 Å². The van der Waals surface area contributed by atoms with Crippen LogP contribution in [0, 0.1) is 5.92 Å². The third-order valence-corrected chi connectivity index (χ3v) is 2.71. The minimum absolute atomic E-state index is 0.185. The Hall–Kier alpha value is -0.800. The average Bonchev–Trinajstić information content (AvgIpc) is 2.18. The lowest BCUT2D eigenvalue weighted by Crippen LogP contribution is -2.15. The first-order valence-electron chi connectivity index (χ1n) is 5.03. The molecule has 0 aliphatic heterocycles. The molecular weight excluding hydrogens is 212 g/mol. The molecule has 0 saturated heterocycles. The molecule has 0 bridgehead atoms. The predicted molar refractivity (Wildman–Crippen MR) is 62.7 cm³/mol. The molecule has 4 heteroatoms. The van der Waals surface area contributed by atoms with Crippen LogP contribution < -0.4 is 5.73 Å². The second kappa shape index (κ2) is 5.33. The van der Waals surface area contributed by atoms with Crippen molar-refractivity contribution in [3.8, 4) is 0 Å². The fraction of sp³-hybridized carbons (Fsp3) is 0.545. The van der Waals surface area contributed by atoms with E-state index in [0.717, 1.165) is 0 Å². The number of aromatic nitrogens is 1. The summed E-state index contributed by atoms with van der Waals surface area (Å²) in [6, 6.07) is 3.42. The Kier molecular flexibility index (Phi) is 4.36. The third-order valence-electron chi connectivity index (χ3n) is 2.36. The Morgan fingerprint density at radius 2 is 2.07 bits per heavy atom. The fourth-order valence-corrected chi connectivity index (χ4v) is 1.17. The molecular formula is C11H17ClN2O. The van der Waals surface area contributed by atoms with Gasteiger partial charge >= 0.3 is 0 Å². The monoisotopic (exact) mass is 228 g/mol. The molecule has 1 rings (SSSR count). The number of halogens is 1. The van der Waals surface area contributed by atoms with Crippen LogP contribution in [0.2, 0.25) is 5.02 Å². The zero-order valence-corrected chi connectivity index (χ0v) is 10.1. The van der Waals surface area contributed by atoms with E-state index < -0.39 is 0 Å². The summed E-state index contributed by atoms with van der Waals surface area (Å²) >= 11 is 5.96. The highest BCUT2D eigenvalue weighted by atomic mass is 35.5. The number of ether oxygens (including phenoxy) is 1. The highest BCUT2D eigenvalue weighted by molar-refractivity contribution is 6.31. The number of anilines is 1. The van der Waals surface area contributed by atoms with E-state index in [2.05, 4.69) is 18.8 Å². The van der Waals surface area contributed by atoms with Crippen LogP contribution in [0.4, 0.5) is 5.82 Å². The summed E-state index contributed by atoms with van der Waals surface area (Å²) in [5.74, 6) is 0.944. The predicted octanol–water partition coefficient (Wildman–Crippen LogP) is 2.88. The van der Waals surface area contributed by atoms with Gasteiger partial charge < -0.3 is 10.5 Å². The lowest BCUT2D eigenvalue weighted by atomic mass is 10.1. The molecule has 0 radical (unpaired) electrons. The van der Waals surface area contributed by atoms with Gasteiger partial charge in [0.15, 0.2) is 0 Å². The molecule has 84 valence electrons. The van der Waals surface area contributed by atoms with Crippen molar-refractivity contribution >= 4 is 17.4 Å². The molecule has 0 fully saturated rings. The van der Waals surface area contributed by atoms with Crippen LogP contribution in [0.3, 0.4) is 0 Å². The Morgan fingerprint density at radius 3 is 2.67 bits per heavy atom. The molecule has 1 aromatic heterocycles. The smallest absolute Gasteiger partial charge is 0.123 e. The first-order valence-corrected chi connectivity index (χ1v) is 5.41. The molecule has 2 N–H and O–H groups in total. The third kappa shape index (κ3) is 3.68. The number of nitrogens with zero attached hydrogens (tertiary/aromatic N) is 1. The molecule has 1 unspecified atom stereocenters. The van der Waals surface area contributed by atoms with E-state index in [9.17, 15) is 0 Å². The summed E-state index contributed by atoms with van der Waals surface area (Å²) in [6.45, 7) is 6.66. The zero-order chi connectivity index (χ0) is 11.4. The van der Waals surface area contributed by atoms with Gasteiger partial charge in [0.1, 0.15) is 5.82 Å². The minimum atomic E-state index is 0.185. The van der Waals surface area contributed by atoms with Crippen molar-refractivity contribution in [3.63, 3.8) is 0 Å². The van der Waals surface area contributed by atoms with Gasteiger partial charge in [-0.05, 0) is 25.0 Å². The van der Waals surface area contributed by atoms with Crippen LogP contribution in [0.1, 0.15) is 26.5 Å². The van der Waals surface area contributed by atoms with Crippen molar-refractivity contribution in [2.24, 2.45) is 5.92 Å².